The Morgan fingerprint density at radius 3 is 1.28 bits per heavy atom. The topological polar surface area (TPSA) is 57.4 Å². The largest absolute Gasteiger partial charge is 0.417 e. The van der Waals surface area contributed by atoms with Crippen molar-refractivity contribution in [3.63, 3.8) is 0 Å². The van der Waals surface area contributed by atoms with Gasteiger partial charge in [-0.25, -0.2) is 0 Å². The monoisotopic (exact) mass is 838 g/mol. The maximum absolute atomic E-state index is 15.2. The summed E-state index contributed by atoms with van der Waals surface area (Å²) in [5.74, 6) is 0. The van der Waals surface area contributed by atoms with Gasteiger partial charge >= 0.3 is 6.18 Å². The van der Waals surface area contributed by atoms with Crippen molar-refractivity contribution in [1.29, 1.82) is 10.5 Å². The number of rotatable bonds is 5. The zero-order valence-corrected chi connectivity index (χ0v) is 36.2. The van der Waals surface area contributed by atoms with Gasteiger partial charge in [0, 0.05) is 27.1 Å². The van der Waals surface area contributed by atoms with Crippen LogP contribution >= 0.6 is 0 Å². The molecule has 4 nitrogen and oxygen atoms in total. The van der Waals surface area contributed by atoms with Gasteiger partial charge in [-0.3, -0.25) is 0 Å². The Balaban J connectivity index is 1.39. The SMILES string of the molecule is Cc1cc(C)c(-c2ccc3c4ccccc4n(-c4cc(-c5c(C#N)cccc5C(F)(F)F)cc(-n5c6ccccc6c6ccc(-c7c(C)cc(C)cc7C)cc65)c4C#N)c3c2)c(C)c1. The van der Waals surface area contributed by atoms with Crippen molar-refractivity contribution >= 4 is 43.6 Å². The molecule has 310 valence electrons. The molecule has 10 aromatic rings. The van der Waals surface area contributed by atoms with Crippen LogP contribution in [0.2, 0.25) is 0 Å². The van der Waals surface area contributed by atoms with Crippen molar-refractivity contribution in [3.05, 3.63) is 190 Å². The van der Waals surface area contributed by atoms with E-state index in [1.54, 1.807) is 12.1 Å². The fraction of sp³-hybridized carbons (Fsp3) is 0.123. The smallest absolute Gasteiger partial charge is 0.308 e. The first-order chi connectivity index (χ1) is 30.8. The maximum atomic E-state index is 15.2. The lowest BCUT2D eigenvalue weighted by molar-refractivity contribution is -0.137. The van der Waals surface area contributed by atoms with Gasteiger partial charge in [0.1, 0.15) is 11.6 Å². The maximum Gasteiger partial charge on any atom is 0.417 e. The van der Waals surface area contributed by atoms with Crippen LogP contribution in [0.5, 0.6) is 0 Å². The third kappa shape index (κ3) is 6.27. The van der Waals surface area contributed by atoms with Gasteiger partial charge in [-0.15, -0.1) is 0 Å². The van der Waals surface area contributed by atoms with Crippen molar-refractivity contribution in [3.8, 4) is 56.9 Å². The molecule has 0 saturated carbocycles. The lowest BCUT2D eigenvalue weighted by Crippen LogP contribution is -2.10. The fourth-order valence-electron chi connectivity index (χ4n) is 10.5. The molecule has 7 heteroatoms. The average molecular weight is 839 g/mol. The minimum atomic E-state index is -4.78. The normalized spacial score (nSPS) is 11.8. The van der Waals surface area contributed by atoms with E-state index in [9.17, 15) is 10.5 Å². The molecule has 0 N–H and O–H groups in total. The van der Waals surface area contributed by atoms with Crippen molar-refractivity contribution in [2.75, 3.05) is 0 Å². The lowest BCUT2D eigenvalue weighted by atomic mass is 9.92. The first kappa shape index (κ1) is 40.2. The summed E-state index contributed by atoms with van der Waals surface area (Å²) in [7, 11) is 0. The molecule has 0 aliphatic carbocycles. The number of para-hydroxylation sites is 2. The molecule has 0 bridgehead atoms. The summed E-state index contributed by atoms with van der Waals surface area (Å²) >= 11 is 0. The molecular weight excluding hydrogens is 798 g/mol. The van der Waals surface area contributed by atoms with Crippen molar-refractivity contribution in [2.24, 2.45) is 0 Å². The van der Waals surface area contributed by atoms with Crippen molar-refractivity contribution in [1.82, 2.24) is 9.13 Å². The average Bonchev–Trinajstić information content (AvgIpc) is 3.76. The molecule has 8 aromatic carbocycles. The van der Waals surface area contributed by atoms with E-state index < -0.39 is 11.7 Å². The van der Waals surface area contributed by atoms with E-state index in [4.69, 9.17) is 0 Å². The summed E-state index contributed by atoms with van der Waals surface area (Å²) in [4.78, 5) is 0. The van der Waals surface area contributed by atoms with Gasteiger partial charge in [0.05, 0.1) is 50.6 Å². The predicted octanol–water partition coefficient (Wildman–Crippen LogP) is 15.5. The first-order valence-corrected chi connectivity index (χ1v) is 21.2. The van der Waals surface area contributed by atoms with E-state index in [2.05, 4.69) is 114 Å². The molecular formula is C57H41F3N4. The van der Waals surface area contributed by atoms with E-state index in [0.717, 1.165) is 105 Å². The van der Waals surface area contributed by atoms with Gasteiger partial charge in [0.25, 0.3) is 0 Å². The van der Waals surface area contributed by atoms with E-state index in [-0.39, 0.29) is 22.3 Å². The number of halogens is 3. The number of aromatic nitrogens is 2. The molecule has 0 unspecified atom stereocenters. The Morgan fingerprint density at radius 2 is 0.859 bits per heavy atom. The van der Waals surface area contributed by atoms with Crippen LogP contribution < -0.4 is 0 Å². The molecule has 0 amide bonds. The van der Waals surface area contributed by atoms with Crippen molar-refractivity contribution in [2.45, 2.75) is 47.7 Å². The molecule has 0 spiro atoms. The molecule has 0 aliphatic heterocycles. The lowest BCUT2D eigenvalue weighted by Gasteiger charge is -2.21. The van der Waals surface area contributed by atoms with Crippen LogP contribution in [-0.4, -0.2) is 9.13 Å². The number of nitrogens with zero attached hydrogens (tertiary/aromatic N) is 4. The van der Waals surface area contributed by atoms with Gasteiger partial charge in [-0.1, -0.05) is 102 Å². The van der Waals surface area contributed by atoms with E-state index >= 15 is 13.2 Å². The number of fused-ring (bicyclic) bond motifs is 6. The zero-order chi connectivity index (χ0) is 44.8. The van der Waals surface area contributed by atoms with Crippen molar-refractivity contribution < 1.29 is 13.2 Å². The van der Waals surface area contributed by atoms with Crippen LogP contribution in [0.3, 0.4) is 0 Å². The van der Waals surface area contributed by atoms with Crippen LogP contribution in [0.1, 0.15) is 50.1 Å². The highest BCUT2D eigenvalue weighted by atomic mass is 19.4. The Bertz CT molecular complexity index is 3450. The number of nitriles is 2. The molecule has 0 radical (unpaired) electrons. The molecule has 10 rings (SSSR count). The second kappa shape index (κ2) is 14.9. The minimum absolute atomic E-state index is 0.124. The Kier molecular flexibility index (Phi) is 9.36. The quantitative estimate of drug-likeness (QED) is 0.173. The van der Waals surface area contributed by atoms with Crippen LogP contribution in [0.25, 0.3) is 88.4 Å². The molecule has 0 saturated heterocycles. The molecule has 0 atom stereocenters. The minimum Gasteiger partial charge on any atom is -0.308 e. The number of benzene rings is 8. The molecule has 0 fully saturated rings. The van der Waals surface area contributed by atoms with Crippen LogP contribution in [0.15, 0.2) is 140 Å². The Labute approximate surface area is 369 Å². The van der Waals surface area contributed by atoms with Crippen LogP contribution in [0, 0.1) is 64.2 Å². The van der Waals surface area contributed by atoms with Gasteiger partial charge in [0.2, 0.25) is 0 Å². The summed E-state index contributed by atoms with van der Waals surface area (Å²) in [5.41, 5.74) is 14.0. The summed E-state index contributed by atoms with van der Waals surface area (Å²) < 4.78 is 49.6. The third-order valence-corrected chi connectivity index (χ3v) is 12.7. The number of hydrogen-bond donors (Lipinski definition) is 0. The highest BCUT2D eigenvalue weighted by Crippen LogP contribution is 2.45. The number of hydrogen-bond acceptors (Lipinski definition) is 2. The Morgan fingerprint density at radius 1 is 0.422 bits per heavy atom. The summed E-state index contributed by atoms with van der Waals surface area (Å²) in [5, 5.41) is 25.8. The highest BCUT2D eigenvalue weighted by molar-refractivity contribution is 6.12. The van der Waals surface area contributed by atoms with Gasteiger partial charge < -0.3 is 9.13 Å². The number of alkyl halides is 3. The zero-order valence-electron chi connectivity index (χ0n) is 36.2. The Hall–Kier alpha value is -7.87. The summed E-state index contributed by atoms with van der Waals surface area (Å²) in [6.07, 6.45) is -4.78. The third-order valence-electron chi connectivity index (χ3n) is 12.7. The van der Waals surface area contributed by atoms with Gasteiger partial charge in [-0.2, -0.15) is 23.7 Å². The van der Waals surface area contributed by atoms with Crippen LogP contribution in [0.4, 0.5) is 13.2 Å². The predicted molar refractivity (Wildman–Crippen MR) is 254 cm³/mol. The number of aryl methyl sites for hydroxylation is 6. The van der Waals surface area contributed by atoms with Gasteiger partial charge in [-0.05, 0) is 140 Å². The van der Waals surface area contributed by atoms with Gasteiger partial charge in [0.15, 0.2) is 0 Å². The fourth-order valence-corrected chi connectivity index (χ4v) is 10.5. The van der Waals surface area contributed by atoms with Crippen LogP contribution in [-0.2, 0) is 6.18 Å². The molecule has 2 aromatic heterocycles. The molecule has 64 heavy (non-hydrogen) atoms. The molecule has 0 aliphatic rings. The standard InChI is InChI=1S/C57H41F3N4/c1-32-22-34(3)54(35(4)23-32)38-18-20-44-42-13-7-9-16-48(42)63(50(44)26-38)52-28-41(56-40(30-61)12-11-15-47(56)57(58,59)60)29-53(46(52)31-62)64-49-17-10-8-14-43(49)45-21-19-39(27-51(45)64)55-36(5)24-33(2)25-37(55)6/h7-29H,1-6H3. The van der Waals surface area contributed by atoms with E-state index in [1.807, 2.05) is 57.7 Å². The second-order valence-corrected chi connectivity index (χ2v) is 17.1. The highest BCUT2D eigenvalue weighted by Gasteiger charge is 2.36. The summed E-state index contributed by atoms with van der Waals surface area (Å²) in [6.45, 7) is 12.6. The summed E-state index contributed by atoms with van der Waals surface area (Å²) in [6, 6.07) is 48.8. The molecule has 2 heterocycles. The van der Waals surface area contributed by atoms with E-state index in [0.29, 0.717) is 11.4 Å². The second-order valence-electron chi connectivity index (χ2n) is 17.1. The van der Waals surface area contributed by atoms with E-state index in [1.165, 1.54) is 12.1 Å². The first-order valence-electron chi connectivity index (χ1n) is 21.2.